The van der Waals surface area contributed by atoms with Crippen LogP contribution in [0.3, 0.4) is 0 Å². The van der Waals surface area contributed by atoms with Gasteiger partial charge in [-0.2, -0.15) is 0 Å². The molecule has 7 nitrogen and oxygen atoms in total. The van der Waals surface area contributed by atoms with Crippen LogP contribution < -0.4 is 0 Å². The standard InChI is InChI=1S/C9H12N2O5/c1-9(2,3)4-11(8(15)16)7(14)6(13)10-5-12/h4H2,1-3H3,(H,15,16). The highest BCUT2D eigenvalue weighted by Gasteiger charge is 2.30. The molecular formula is C9H12N2O5. The van der Waals surface area contributed by atoms with E-state index in [0.29, 0.717) is 4.90 Å². The van der Waals surface area contributed by atoms with Crippen molar-refractivity contribution in [2.24, 2.45) is 10.4 Å². The van der Waals surface area contributed by atoms with E-state index in [-0.39, 0.29) is 6.54 Å². The monoisotopic (exact) mass is 228 g/mol. The van der Waals surface area contributed by atoms with Gasteiger partial charge in [0.25, 0.3) is 0 Å². The summed E-state index contributed by atoms with van der Waals surface area (Å²) >= 11 is 0. The number of carbonyl (C=O) groups excluding carboxylic acids is 3. The van der Waals surface area contributed by atoms with E-state index >= 15 is 0 Å². The van der Waals surface area contributed by atoms with Crippen molar-refractivity contribution >= 4 is 24.0 Å². The molecule has 0 heterocycles. The summed E-state index contributed by atoms with van der Waals surface area (Å²) < 4.78 is 0. The van der Waals surface area contributed by atoms with Gasteiger partial charge in [0.15, 0.2) is 0 Å². The van der Waals surface area contributed by atoms with Gasteiger partial charge in [-0.25, -0.2) is 14.5 Å². The molecule has 0 aromatic carbocycles. The van der Waals surface area contributed by atoms with Gasteiger partial charge in [0.05, 0.1) is 0 Å². The number of imide groups is 1. The second-order valence-corrected chi connectivity index (χ2v) is 4.24. The molecule has 7 heteroatoms. The molecule has 0 aliphatic heterocycles. The Morgan fingerprint density at radius 2 is 1.81 bits per heavy atom. The third-order valence-corrected chi connectivity index (χ3v) is 1.44. The number of hydrogen-bond donors (Lipinski definition) is 1. The zero-order chi connectivity index (χ0) is 12.9. The highest BCUT2D eigenvalue weighted by atomic mass is 16.4. The molecule has 0 spiro atoms. The molecule has 0 aliphatic rings. The minimum Gasteiger partial charge on any atom is -0.465 e. The van der Waals surface area contributed by atoms with Crippen molar-refractivity contribution in [3.8, 4) is 0 Å². The van der Waals surface area contributed by atoms with E-state index < -0.39 is 23.3 Å². The zero-order valence-corrected chi connectivity index (χ0v) is 9.18. The van der Waals surface area contributed by atoms with E-state index in [1.54, 1.807) is 20.8 Å². The maximum atomic E-state index is 11.3. The van der Waals surface area contributed by atoms with Gasteiger partial charge in [0.2, 0.25) is 6.08 Å². The molecule has 0 aliphatic carbocycles. The summed E-state index contributed by atoms with van der Waals surface area (Å²) in [6.45, 7) is 4.93. The molecule has 0 fully saturated rings. The lowest BCUT2D eigenvalue weighted by Crippen LogP contribution is -2.44. The molecule has 0 aromatic heterocycles. The third kappa shape index (κ3) is 4.47. The van der Waals surface area contributed by atoms with Gasteiger partial charge >= 0.3 is 17.9 Å². The smallest absolute Gasteiger partial charge is 0.414 e. The number of carboxylic acid groups (broad SMARTS) is 1. The minimum atomic E-state index is -1.56. The fourth-order valence-corrected chi connectivity index (χ4v) is 0.905. The number of aliphatic imine (C=N–C) groups is 1. The van der Waals surface area contributed by atoms with Crippen LogP contribution in [0, 0.1) is 5.41 Å². The summed E-state index contributed by atoms with van der Waals surface area (Å²) in [4.78, 5) is 45.6. The van der Waals surface area contributed by atoms with Gasteiger partial charge in [0.1, 0.15) is 0 Å². The minimum absolute atomic E-state index is 0.165. The molecular weight excluding hydrogens is 216 g/mol. The Morgan fingerprint density at radius 1 is 1.31 bits per heavy atom. The first-order valence-corrected chi connectivity index (χ1v) is 4.35. The van der Waals surface area contributed by atoms with Gasteiger partial charge in [0, 0.05) is 6.54 Å². The van der Waals surface area contributed by atoms with E-state index in [2.05, 4.69) is 4.99 Å². The van der Waals surface area contributed by atoms with Crippen LogP contribution in [0.1, 0.15) is 20.8 Å². The van der Waals surface area contributed by atoms with Crippen LogP contribution in [0.2, 0.25) is 0 Å². The highest BCUT2D eigenvalue weighted by Crippen LogP contribution is 2.15. The highest BCUT2D eigenvalue weighted by molar-refractivity contribution is 6.38. The number of nitrogens with zero attached hydrogens (tertiary/aromatic N) is 2. The van der Waals surface area contributed by atoms with Gasteiger partial charge in [-0.1, -0.05) is 20.8 Å². The largest absolute Gasteiger partial charge is 0.465 e. The lowest BCUT2D eigenvalue weighted by atomic mass is 9.96. The Kier molecular flexibility index (Phi) is 4.53. The lowest BCUT2D eigenvalue weighted by molar-refractivity contribution is -0.143. The molecule has 1 N–H and O–H groups in total. The van der Waals surface area contributed by atoms with Crippen molar-refractivity contribution in [2.45, 2.75) is 20.8 Å². The lowest BCUT2D eigenvalue weighted by Gasteiger charge is -2.24. The molecule has 0 unspecified atom stereocenters. The topological polar surface area (TPSA) is 104 Å². The van der Waals surface area contributed by atoms with Crippen LogP contribution in [-0.2, 0) is 14.4 Å². The van der Waals surface area contributed by atoms with E-state index in [1.807, 2.05) is 0 Å². The zero-order valence-electron chi connectivity index (χ0n) is 9.18. The summed E-state index contributed by atoms with van der Waals surface area (Å²) in [5, 5.41) is 8.74. The van der Waals surface area contributed by atoms with Crippen LogP contribution in [0.5, 0.6) is 0 Å². The Labute approximate surface area is 91.8 Å². The molecule has 0 aromatic rings. The Morgan fingerprint density at radius 3 is 2.12 bits per heavy atom. The van der Waals surface area contributed by atoms with Gasteiger partial charge in [-0.3, -0.25) is 9.59 Å². The molecule has 0 saturated carbocycles. The molecule has 88 valence electrons. The van der Waals surface area contributed by atoms with Crippen molar-refractivity contribution in [3.05, 3.63) is 0 Å². The van der Waals surface area contributed by atoms with Crippen LogP contribution in [0.4, 0.5) is 4.79 Å². The summed E-state index contributed by atoms with van der Waals surface area (Å²) in [7, 11) is 0. The second kappa shape index (κ2) is 5.18. The summed E-state index contributed by atoms with van der Waals surface area (Å²) in [6.07, 6.45) is -0.671. The average molecular weight is 228 g/mol. The van der Waals surface area contributed by atoms with Gasteiger partial charge < -0.3 is 5.11 Å². The number of hydrogen-bond acceptors (Lipinski definition) is 4. The fourth-order valence-electron chi connectivity index (χ4n) is 0.905. The van der Waals surface area contributed by atoms with Crippen LogP contribution in [-0.4, -0.2) is 40.5 Å². The molecule has 0 bridgehead atoms. The maximum Gasteiger partial charge on any atom is 0.414 e. The van der Waals surface area contributed by atoms with Crippen molar-refractivity contribution in [1.82, 2.24) is 4.90 Å². The van der Waals surface area contributed by atoms with Crippen LogP contribution in [0.25, 0.3) is 0 Å². The Hall–Kier alpha value is -2.01. The Balaban J connectivity index is 4.94. The van der Waals surface area contributed by atoms with Crippen molar-refractivity contribution < 1.29 is 24.3 Å². The molecule has 0 atom stereocenters. The fraction of sp³-hybridized carbons (Fsp3) is 0.556. The predicted octanol–water partition coefficient (Wildman–Crippen LogP) is 0.401. The number of rotatable bonds is 1. The summed E-state index contributed by atoms with van der Waals surface area (Å²) in [5.41, 5.74) is -0.501. The third-order valence-electron chi connectivity index (χ3n) is 1.44. The normalized spacial score (nSPS) is 10.2. The molecule has 16 heavy (non-hydrogen) atoms. The first-order valence-electron chi connectivity index (χ1n) is 4.35. The first-order chi connectivity index (χ1) is 7.19. The second-order valence-electron chi connectivity index (χ2n) is 4.24. The number of isocyanates is 1. The Bertz CT molecular complexity index is 363. The SMILES string of the molecule is CC(C)(C)CN(C(=O)O)C(=O)C(=O)N=C=O. The predicted molar refractivity (Wildman–Crippen MR) is 52.3 cm³/mol. The molecule has 0 radical (unpaired) electrons. The molecule has 3 amide bonds. The first kappa shape index (κ1) is 14.0. The molecule has 0 saturated heterocycles. The summed E-state index contributed by atoms with van der Waals surface area (Å²) in [6, 6.07) is 0. The van der Waals surface area contributed by atoms with E-state index in [1.165, 1.54) is 0 Å². The molecule has 0 rings (SSSR count). The van der Waals surface area contributed by atoms with E-state index in [4.69, 9.17) is 5.11 Å². The number of amides is 3. The van der Waals surface area contributed by atoms with Crippen LogP contribution in [0.15, 0.2) is 4.99 Å². The quantitative estimate of drug-likeness (QED) is 0.397. The van der Waals surface area contributed by atoms with Gasteiger partial charge in [-0.05, 0) is 5.41 Å². The van der Waals surface area contributed by atoms with Crippen molar-refractivity contribution in [2.75, 3.05) is 6.54 Å². The summed E-state index contributed by atoms with van der Waals surface area (Å²) in [5.74, 6) is -2.80. The van der Waals surface area contributed by atoms with Gasteiger partial charge in [-0.15, -0.1) is 4.99 Å². The van der Waals surface area contributed by atoms with Crippen LogP contribution >= 0.6 is 0 Å². The van der Waals surface area contributed by atoms with Crippen molar-refractivity contribution in [3.63, 3.8) is 0 Å². The van der Waals surface area contributed by atoms with Crippen molar-refractivity contribution in [1.29, 1.82) is 0 Å². The van der Waals surface area contributed by atoms with E-state index in [9.17, 15) is 19.2 Å². The number of carbonyl (C=O) groups is 3. The average Bonchev–Trinajstić information content (AvgIpc) is 2.11. The van der Waals surface area contributed by atoms with E-state index in [0.717, 1.165) is 6.08 Å². The maximum absolute atomic E-state index is 11.3.